The number of nitrogens with zero attached hydrogens (tertiary/aromatic N) is 1. The molecule has 2 unspecified atom stereocenters. The number of aryl methyl sites for hydroxylation is 2. The summed E-state index contributed by atoms with van der Waals surface area (Å²) in [6.45, 7) is 11.4. The van der Waals surface area contributed by atoms with Gasteiger partial charge >= 0.3 is 6.09 Å². The van der Waals surface area contributed by atoms with Gasteiger partial charge in [-0.1, -0.05) is 43.5 Å². The number of amides is 3. The van der Waals surface area contributed by atoms with E-state index in [-0.39, 0.29) is 11.7 Å². The van der Waals surface area contributed by atoms with Crippen LogP contribution in [-0.2, 0) is 14.3 Å². The first-order chi connectivity index (χ1) is 14.9. The highest BCUT2D eigenvalue weighted by Crippen LogP contribution is 2.26. The van der Waals surface area contributed by atoms with Gasteiger partial charge in [-0.3, -0.25) is 14.5 Å². The number of alkyl carbamates (subject to hydrolysis) is 1. The summed E-state index contributed by atoms with van der Waals surface area (Å²) in [7, 11) is 0. The van der Waals surface area contributed by atoms with Crippen LogP contribution in [0.3, 0.4) is 0 Å². The van der Waals surface area contributed by atoms with Crippen molar-refractivity contribution in [2.24, 2.45) is 0 Å². The lowest BCUT2D eigenvalue weighted by Crippen LogP contribution is -2.52. The van der Waals surface area contributed by atoms with Gasteiger partial charge in [-0.2, -0.15) is 12.6 Å². The van der Waals surface area contributed by atoms with Crippen LogP contribution in [0.4, 0.5) is 4.79 Å². The Morgan fingerprint density at radius 2 is 1.91 bits per heavy atom. The summed E-state index contributed by atoms with van der Waals surface area (Å²) >= 11 is 4.20. The zero-order valence-electron chi connectivity index (χ0n) is 19.8. The summed E-state index contributed by atoms with van der Waals surface area (Å²) in [6, 6.07) is 5.82. The average Bonchev–Trinajstić information content (AvgIpc) is 2.69. The molecular formula is C24H35N3O4S. The fourth-order valence-electron chi connectivity index (χ4n) is 3.08. The Balaban J connectivity index is 3.28. The van der Waals surface area contributed by atoms with E-state index in [1.165, 1.54) is 0 Å². The predicted octanol–water partition coefficient (Wildman–Crippen LogP) is 3.50. The molecule has 0 radical (unpaired) electrons. The van der Waals surface area contributed by atoms with E-state index in [4.69, 9.17) is 11.2 Å². The van der Waals surface area contributed by atoms with Gasteiger partial charge in [0.1, 0.15) is 17.7 Å². The van der Waals surface area contributed by atoms with Crippen molar-refractivity contribution >= 4 is 30.5 Å². The summed E-state index contributed by atoms with van der Waals surface area (Å²) in [6.07, 6.45) is 6.66. The maximum absolute atomic E-state index is 13.3. The molecule has 0 aliphatic rings. The standard InChI is InChI=1S/C24H35N3O4S/c1-8-10-13-25-21(28)20(18-12-11-16(3)14-17(18)4)27(9-2)22(29)19(15-32)26-23(30)31-24(5,6)7/h2,11-12,14,19-20,32H,8,10,13,15H2,1,3-7H3,(H,25,28)(H,26,30). The van der Waals surface area contributed by atoms with E-state index < -0.39 is 29.7 Å². The third-order valence-electron chi connectivity index (χ3n) is 4.60. The van der Waals surface area contributed by atoms with E-state index >= 15 is 0 Å². The van der Waals surface area contributed by atoms with Gasteiger partial charge in [0, 0.05) is 18.3 Å². The van der Waals surface area contributed by atoms with Crippen molar-refractivity contribution in [1.82, 2.24) is 15.5 Å². The number of benzene rings is 1. The first-order valence-electron chi connectivity index (χ1n) is 10.7. The van der Waals surface area contributed by atoms with Gasteiger partial charge in [0.25, 0.3) is 5.91 Å². The zero-order valence-corrected chi connectivity index (χ0v) is 20.7. The molecule has 2 N–H and O–H groups in total. The van der Waals surface area contributed by atoms with Crippen molar-refractivity contribution in [3.63, 3.8) is 0 Å². The molecule has 1 aromatic rings. The first-order valence-corrected chi connectivity index (χ1v) is 11.3. The number of rotatable bonds is 9. The lowest BCUT2D eigenvalue weighted by atomic mass is 9.97. The smallest absolute Gasteiger partial charge is 0.408 e. The highest BCUT2D eigenvalue weighted by atomic mass is 32.1. The predicted molar refractivity (Wildman–Crippen MR) is 129 cm³/mol. The third-order valence-corrected chi connectivity index (χ3v) is 4.97. The van der Waals surface area contributed by atoms with Gasteiger partial charge in [0.2, 0.25) is 5.91 Å². The SMILES string of the molecule is C#CN(C(=O)C(CS)NC(=O)OC(C)(C)C)C(C(=O)NCCCC)c1ccc(C)cc1C. The van der Waals surface area contributed by atoms with E-state index in [2.05, 4.69) is 29.3 Å². The van der Waals surface area contributed by atoms with Crippen LogP contribution in [0.1, 0.15) is 63.3 Å². The van der Waals surface area contributed by atoms with Gasteiger partial charge in [-0.25, -0.2) is 4.79 Å². The monoisotopic (exact) mass is 461 g/mol. The van der Waals surface area contributed by atoms with Crippen molar-refractivity contribution in [1.29, 1.82) is 0 Å². The topological polar surface area (TPSA) is 87.7 Å². The number of nitrogens with one attached hydrogen (secondary N) is 2. The highest BCUT2D eigenvalue weighted by Gasteiger charge is 2.36. The molecule has 7 nitrogen and oxygen atoms in total. The van der Waals surface area contributed by atoms with Gasteiger partial charge in [-0.05, 0) is 52.2 Å². The number of hydrogen-bond acceptors (Lipinski definition) is 5. The van der Waals surface area contributed by atoms with E-state index in [0.29, 0.717) is 12.1 Å². The fraction of sp³-hybridized carbons (Fsp3) is 0.542. The van der Waals surface area contributed by atoms with Crippen molar-refractivity contribution < 1.29 is 19.1 Å². The van der Waals surface area contributed by atoms with Crippen molar-refractivity contribution in [3.05, 3.63) is 34.9 Å². The Bertz CT molecular complexity index is 858. The van der Waals surface area contributed by atoms with E-state index in [9.17, 15) is 14.4 Å². The number of unbranched alkanes of at least 4 members (excludes halogenated alkanes) is 1. The minimum absolute atomic E-state index is 0.0205. The van der Waals surface area contributed by atoms with Crippen LogP contribution in [0.25, 0.3) is 0 Å². The molecule has 0 saturated carbocycles. The van der Waals surface area contributed by atoms with Gasteiger partial charge in [0.05, 0.1) is 0 Å². The Labute approximate surface area is 197 Å². The molecule has 0 bridgehead atoms. The molecule has 0 aromatic heterocycles. The molecular weight excluding hydrogens is 426 g/mol. The molecule has 2 atom stereocenters. The fourth-order valence-corrected chi connectivity index (χ4v) is 3.33. The van der Waals surface area contributed by atoms with Crippen LogP contribution >= 0.6 is 12.6 Å². The lowest BCUT2D eigenvalue weighted by molar-refractivity contribution is -0.138. The Hall–Kier alpha value is -2.66. The summed E-state index contributed by atoms with van der Waals surface area (Å²) in [5, 5.41) is 5.37. The normalized spacial score (nSPS) is 12.8. The van der Waals surface area contributed by atoms with Crippen LogP contribution in [0.5, 0.6) is 0 Å². The molecule has 0 heterocycles. The number of hydrogen-bond donors (Lipinski definition) is 3. The van der Waals surface area contributed by atoms with E-state index in [1.54, 1.807) is 26.8 Å². The van der Waals surface area contributed by atoms with Gasteiger partial charge in [-0.15, -0.1) is 0 Å². The van der Waals surface area contributed by atoms with E-state index in [1.807, 2.05) is 32.9 Å². The zero-order chi connectivity index (χ0) is 24.5. The minimum Gasteiger partial charge on any atom is -0.444 e. The summed E-state index contributed by atoms with van der Waals surface area (Å²) < 4.78 is 5.24. The molecule has 0 spiro atoms. The van der Waals surface area contributed by atoms with Crippen LogP contribution in [0.15, 0.2) is 18.2 Å². The number of ether oxygens (including phenoxy) is 1. The molecule has 8 heteroatoms. The molecule has 32 heavy (non-hydrogen) atoms. The van der Waals surface area contributed by atoms with Crippen LogP contribution in [-0.4, -0.2) is 46.7 Å². The van der Waals surface area contributed by atoms with Crippen LogP contribution in [0.2, 0.25) is 0 Å². The van der Waals surface area contributed by atoms with E-state index in [0.717, 1.165) is 28.9 Å². The van der Waals surface area contributed by atoms with Gasteiger partial charge in [0.15, 0.2) is 0 Å². The highest BCUT2D eigenvalue weighted by molar-refractivity contribution is 7.80. The summed E-state index contributed by atoms with van der Waals surface area (Å²) in [4.78, 5) is 39.7. The maximum atomic E-state index is 13.3. The Morgan fingerprint density at radius 3 is 2.41 bits per heavy atom. The maximum Gasteiger partial charge on any atom is 0.408 e. The molecule has 176 valence electrons. The second kappa shape index (κ2) is 12.4. The van der Waals surface area contributed by atoms with Crippen LogP contribution in [0, 0.1) is 26.3 Å². The Morgan fingerprint density at radius 1 is 1.25 bits per heavy atom. The second-order valence-corrected chi connectivity index (χ2v) is 8.99. The average molecular weight is 462 g/mol. The third kappa shape index (κ3) is 8.12. The summed E-state index contributed by atoms with van der Waals surface area (Å²) in [5.41, 5.74) is 1.73. The number of terminal acetylenes is 1. The second-order valence-electron chi connectivity index (χ2n) is 8.63. The molecule has 1 rings (SSSR count). The number of thiol groups is 1. The quantitative estimate of drug-likeness (QED) is 0.227. The first kappa shape index (κ1) is 27.4. The minimum atomic E-state index is -1.07. The van der Waals surface area contributed by atoms with Crippen LogP contribution < -0.4 is 10.6 Å². The van der Waals surface area contributed by atoms with Crippen molar-refractivity contribution in [2.45, 2.75) is 72.1 Å². The van der Waals surface area contributed by atoms with Crippen molar-refractivity contribution in [3.8, 4) is 12.5 Å². The molecule has 1 aromatic carbocycles. The summed E-state index contributed by atoms with van der Waals surface area (Å²) in [5.74, 6) is -1.02. The number of carbonyl (C=O) groups excluding carboxylic acids is 3. The lowest BCUT2D eigenvalue weighted by Gasteiger charge is -2.30. The van der Waals surface area contributed by atoms with Gasteiger partial charge < -0.3 is 15.4 Å². The molecule has 3 amide bonds. The molecule has 0 aliphatic carbocycles. The number of carbonyl (C=O) groups is 3. The molecule has 0 saturated heterocycles. The largest absolute Gasteiger partial charge is 0.444 e. The van der Waals surface area contributed by atoms with Crippen molar-refractivity contribution in [2.75, 3.05) is 12.3 Å². The molecule has 0 fully saturated rings. The Kier molecular flexibility index (Phi) is 10.6. The molecule has 0 aliphatic heterocycles.